The monoisotopic (exact) mass is 214 g/mol. The molecule has 0 bridgehead atoms. The molecule has 0 heterocycles. The molecule has 0 fully saturated rings. The summed E-state index contributed by atoms with van der Waals surface area (Å²) in [4.78, 5) is 11.1. The van der Waals surface area contributed by atoms with Gasteiger partial charge in [-0.2, -0.15) is 0 Å². The fraction of sp³-hybridized carbons (Fsp3) is 0.300. The lowest BCUT2D eigenvalue weighted by Crippen LogP contribution is -1.97. The number of carbonyl (C=O) groups is 1. The van der Waals surface area contributed by atoms with E-state index in [1.807, 2.05) is 0 Å². The van der Waals surface area contributed by atoms with Crippen molar-refractivity contribution in [2.45, 2.75) is 13.8 Å². The van der Waals surface area contributed by atoms with Crippen LogP contribution in [0.1, 0.15) is 24.2 Å². The Morgan fingerprint density at radius 3 is 2.71 bits per heavy atom. The average molecular weight is 215 g/mol. The molecular weight excluding hydrogens is 204 g/mol. The van der Waals surface area contributed by atoms with Crippen LogP contribution in [0.2, 0.25) is 5.02 Å². The van der Waals surface area contributed by atoms with E-state index in [1.54, 1.807) is 6.92 Å². The number of phenols is 1. The zero-order chi connectivity index (χ0) is 10.7. The van der Waals surface area contributed by atoms with E-state index in [4.69, 9.17) is 16.3 Å². The fourth-order valence-corrected chi connectivity index (χ4v) is 1.38. The highest BCUT2D eigenvalue weighted by atomic mass is 35.5. The highest BCUT2D eigenvalue weighted by Crippen LogP contribution is 2.36. The van der Waals surface area contributed by atoms with Crippen molar-refractivity contribution >= 4 is 17.4 Å². The first-order chi connectivity index (χ1) is 6.57. The van der Waals surface area contributed by atoms with Gasteiger partial charge in [0.05, 0.1) is 11.6 Å². The molecule has 1 rings (SSSR count). The number of carbonyl (C=O) groups excluding carboxylic acids is 1. The van der Waals surface area contributed by atoms with Crippen LogP contribution < -0.4 is 4.74 Å². The average Bonchev–Trinajstić information content (AvgIpc) is 2.13. The van der Waals surface area contributed by atoms with E-state index in [1.165, 1.54) is 19.1 Å². The summed E-state index contributed by atoms with van der Waals surface area (Å²) in [6, 6.07) is 3.07. The van der Waals surface area contributed by atoms with Crippen molar-refractivity contribution in [1.82, 2.24) is 0 Å². The number of rotatable bonds is 3. The molecule has 4 heteroatoms. The first-order valence-corrected chi connectivity index (χ1v) is 4.61. The molecule has 0 saturated carbocycles. The molecule has 1 aromatic rings. The molecule has 1 N–H and O–H groups in total. The van der Waals surface area contributed by atoms with Crippen molar-refractivity contribution in [1.29, 1.82) is 0 Å². The van der Waals surface area contributed by atoms with Gasteiger partial charge in [0.25, 0.3) is 0 Å². The Bertz CT molecular complexity index is 361. The van der Waals surface area contributed by atoms with E-state index in [2.05, 4.69) is 0 Å². The van der Waals surface area contributed by atoms with Crippen molar-refractivity contribution in [3.63, 3.8) is 0 Å². The largest absolute Gasteiger partial charge is 0.503 e. The van der Waals surface area contributed by atoms with Gasteiger partial charge in [0.2, 0.25) is 0 Å². The van der Waals surface area contributed by atoms with Crippen molar-refractivity contribution in [2.24, 2.45) is 0 Å². The molecule has 0 aliphatic heterocycles. The number of Topliss-reactive ketones (excluding diaryl/α,β-unsaturated/α-hetero) is 1. The van der Waals surface area contributed by atoms with Crippen molar-refractivity contribution < 1.29 is 14.6 Å². The quantitative estimate of drug-likeness (QED) is 0.787. The van der Waals surface area contributed by atoms with E-state index < -0.39 is 0 Å². The number of hydrogen-bond acceptors (Lipinski definition) is 3. The molecule has 0 aliphatic carbocycles. The van der Waals surface area contributed by atoms with Gasteiger partial charge in [-0.05, 0) is 26.0 Å². The first-order valence-electron chi connectivity index (χ1n) is 4.23. The van der Waals surface area contributed by atoms with Gasteiger partial charge in [-0.15, -0.1) is 0 Å². The van der Waals surface area contributed by atoms with Gasteiger partial charge in [0.1, 0.15) is 0 Å². The molecule has 0 radical (unpaired) electrons. The molecule has 76 valence electrons. The maximum Gasteiger partial charge on any atom is 0.177 e. The van der Waals surface area contributed by atoms with Gasteiger partial charge >= 0.3 is 0 Å². The van der Waals surface area contributed by atoms with Crippen molar-refractivity contribution in [2.75, 3.05) is 6.61 Å². The topological polar surface area (TPSA) is 46.5 Å². The number of ketones is 1. The summed E-state index contributed by atoms with van der Waals surface area (Å²) in [5.74, 6) is -0.0722. The Labute approximate surface area is 87.3 Å². The molecular formula is C10H11ClO3. The molecule has 0 saturated heterocycles. The smallest absolute Gasteiger partial charge is 0.177 e. The molecule has 0 unspecified atom stereocenters. The third kappa shape index (κ3) is 1.99. The van der Waals surface area contributed by atoms with Gasteiger partial charge in [-0.1, -0.05) is 11.6 Å². The minimum atomic E-state index is -0.187. The molecule has 3 nitrogen and oxygen atoms in total. The second-order valence-corrected chi connectivity index (χ2v) is 3.14. The van der Waals surface area contributed by atoms with E-state index in [9.17, 15) is 9.90 Å². The highest BCUT2D eigenvalue weighted by Gasteiger charge is 2.13. The van der Waals surface area contributed by atoms with Crippen LogP contribution in [0.25, 0.3) is 0 Å². The van der Waals surface area contributed by atoms with Crippen molar-refractivity contribution in [3.05, 3.63) is 22.7 Å². The second kappa shape index (κ2) is 4.33. The summed E-state index contributed by atoms with van der Waals surface area (Å²) >= 11 is 5.78. The van der Waals surface area contributed by atoms with Crippen LogP contribution in [0.15, 0.2) is 12.1 Å². The molecule has 0 aliphatic rings. The van der Waals surface area contributed by atoms with Gasteiger partial charge in [0, 0.05) is 5.56 Å². The third-order valence-electron chi connectivity index (χ3n) is 1.76. The predicted molar refractivity (Wildman–Crippen MR) is 54.3 cm³/mol. The summed E-state index contributed by atoms with van der Waals surface area (Å²) < 4.78 is 5.11. The standard InChI is InChI=1S/C10H11ClO3/c1-3-14-8-5-4-7(6(2)12)9(11)10(8)13/h4-5,13H,3H2,1-2H3. The van der Waals surface area contributed by atoms with E-state index >= 15 is 0 Å². The summed E-state index contributed by atoms with van der Waals surface area (Å²) in [7, 11) is 0. The Morgan fingerprint density at radius 1 is 1.57 bits per heavy atom. The Morgan fingerprint density at radius 2 is 2.21 bits per heavy atom. The fourth-order valence-electron chi connectivity index (χ4n) is 1.09. The second-order valence-electron chi connectivity index (χ2n) is 2.76. The maximum atomic E-state index is 11.1. The zero-order valence-corrected chi connectivity index (χ0v) is 8.76. The zero-order valence-electron chi connectivity index (χ0n) is 8.00. The number of ether oxygens (including phenoxy) is 1. The number of halogens is 1. The van der Waals surface area contributed by atoms with Crippen LogP contribution in [0.5, 0.6) is 11.5 Å². The Hall–Kier alpha value is -1.22. The maximum absolute atomic E-state index is 11.1. The normalized spacial score (nSPS) is 9.93. The van der Waals surface area contributed by atoms with Crippen LogP contribution in [0.4, 0.5) is 0 Å². The minimum Gasteiger partial charge on any atom is -0.503 e. The highest BCUT2D eigenvalue weighted by molar-refractivity contribution is 6.35. The molecule has 0 amide bonds. The first kappa shape index (κ1) is 10.9. The van der Waals surface area contributed by atoms with Crippen LogP contribution in [-0.2, 0) is 0 Å². The van der Waals surface area contributed by atoms with Crippen molar-refractivity contribution in [3.8, 4) is 11.5 Å². The van der Waals surface area contributed by atoms with E-state index in [0.717, 1.165) is 0 Å². The summed E-state index contributed by atoms with van der Waals surface area (Å²) in [5, 5.41) is 9.59. The van der Waals surface area contributed by atoms with Gasteiger partial charge < -0.3 is 9.84 Å². The lowest BCUT2D eigenvalue weighted by Gasteiger charge is -2.08. The van der Waals surface area contributed by atoms with Gasteiger partial charge in [0.15, 0.2) is 17.3 Å². The third-order valence-corrected chi connectivity index (χ3v) is 2.14. The van der Waals surface area contributed by atoms with Crippen LogP contribution in [-0.4, -0.2) is 17.5 Å². The number of benzene rings is 1. The number of phenolic OH excluding ortho intramolecular Hbond substituents is 1. The number of hydrogen-bond donors (Lipinski definition) is 1. The molecule has 0 spiro atoms. The van der Waals surface area contributed by atoms with Gasteiger partial charge in [-0.3, -0.25) is 4.79 Å². The molecule has 0 aromatic heterocycles. The minimum absolute atomic E-state index is 0.0449. The van der Waals surface area contributed by atoms with Crippen LogP contribution in [0.3, 0.4) is 0 Å². The molecule has 14 heavy (non-hydrogen) atoms. The lowest BCUT2D eigenvalue weighted by molar-refractivity contribution is 0.101. The summed E-state index contributed by atoms with van der Waals surface area (Å²) in [6.07, 6.45) is 0. The van der Waals surface area contributed by atoms with Crippen LogP contribution in [0, 0.1) is 0 Å². The lowest BCUT2D eigenvalue weighted by atomic mass is 10.1. The Kier molecular flexibility index (Phi) is 3.36. The van der Waals surface area contributed by atoms with E-state index in [0.29, 0.717) is 17.9 Å². The van der Waals surface area contributed by atoms with Gasteiger partial charge in [-0.25, -0.2) is 0 Å². The predicted octanol–water partition coefficient (Wildman–Crippen LogP) is 2.65. The van der Waals surface area contributed by atoms with Crippen LogP contribution >= 0.6 is 11.6 Å². The summed E-state index contributed by atoms with van der Waals surface area (Å²) in [5.41, 5.74) is 0.299. The molecule has 0 atom stereocenters. The van der Waals surface area contributed by atoms with E-state index in [-0.39, 0.29) is 16.6 Å². The Balaban J connectivity index is 3.19. The SMILES string of the molecule is CCOc1ccc(C(C)=O)c(Cl)c1O. The molecule has 1 aromatic carbocycles. The number of aromatic hydroxyl groups is 1. The summed E-state index contributed by atoms with van der Waals surface area (Å²) in [6.45, 7) is 3.62.